The fourth-order valence-corrected chi connectivity index (χ4v) is 6.03. The van der Waals surface area contributed by atoms with Gasteiger partial charge in [-0.1, -0.05) is 0 Å². The average molecular weight is 584 g/mol. The van der Waals surface area contributed by atoms with Gasteiger partial charge >= 0.3 is 0 Å². The third kappa shape index (κ3) is 5.57. The van der Waals surface area contributed by atoms with Crippen LogP contribution < -0.4 is 19.7 Å². The summed E-state index contributed by atoms with van der Waals surface area (Å²) >= 11 is 0. The monoisotopic (exact) mass is 583 g/mol. The topological polar surface area (TPSA) is 106 Å². The first-order chi connectivity index (χ1) is 20.2. The lowest BCUT2D eigenvalue weighted by molar-refractivity contribution is -0.0350. The molecule has 1 N–H and O–H groups in total. The number of ether oxygens (including phenoxy) is 2. The van der Waals surface area contributed by atoms with Gasteiger partial charge in [0.2, 0.25) is 0 Å². The van der Waals surface area contributed by atoms with Crippen molar-refractivity contribution < 1.29 is 27.4 Å². The summed E-state index contributed by atoms with van der Waals surface area (Å²) in [5, 5.41) is 11.3. The van der Waals surface area contributed by atoms with E-state index in [2.05, 4.69) is 25.5 Å². The molecule has 6 rings (SSSR count). The van der Waals surface area contributed by atoms with E-state index >= 15 is 0 Å². The van der Waals surface area contributed by atoms with E-state index in [9.17, 15) is 18.0 Å². The highest BCUT2D eigenvalue weighted by atomic mass is 19.3. The molecule has 1 aromatic carbocycles. The summed E-state index contributed by atoms with van der Waals surface area (Å²) < 4.78 is 52.9. The van der Waals surface area contributed by atoms with E-state index in [1.165, 1.54) is 12.4 Å². The van der Waals surface area contributed by atoms with Gasteiger partial charge in [0.05, 0.1) is 12.1 Å². The molecule has 10 nitrogen and oxygen atoms in total. The standard InChI is InChI=1S/C29H32F3N7O3/c1-17(2)39(13-25(31)32)28(40)20-9-18(30)3-4-23(20)42-27-26(35-16-36-37-27)38-14-29(15-38)10-19(11-29)41-24-6-8-34-22-5-7-33-12-21(22)24/h3-4,6,8-9,16-17,19,25,33H,5,7,10-15H2,1-2H3. The SMILES string of the molecule is CC(C)N(CC(F)F)C(=O)c1cc(F)ccc1Oc1nncnc1N1CC2(CC(Oc3ccnc4c3CNCC4)C2)C1. The van der Waals surface area contributed by atoms with Gasteiger partial charge in [0.25, 0.3) is 18.2 Å². The Hall–Kier alpha value is -4.00. The molecule has 2 aliphatic heterocycles. The molecule has 3 aliphatic rings. The van der Waals surface area contributed by atoms with Crippen LogP contribution in [0.2, 0.25) is 0 Å². The summed E-state index contributed by atoms with van der Waals surface area (Å²) in [5.74, 6) is -0.112. The summed E-state index contributed by atoms with van der Waals surface area (Å²) in [6.07, 6.45) is 3.18. The lowest BCUT2D eigenvalue weighted by Crippen LogP contribution is -2.65. The molecule has 2 aromatic heterocycles. The van der Waals surface area contributed by atoms with Crippen molar-refractivity contribution in [2.45, 2.75) is 58.2 Å². The molecule has 1 saturated heterocycles. The van der Waals surface area contributed by atoms with Crippen LogP contribution in [-0.4, -0.2) is 75.7 Å². The minimum atomic E-state index is -2.74. The second-order valence-corrected chi connectivity index (χ2v) is 11.4. The highest BCUT2D eigenvalue weighted by molar-refractivity contribution is 5.97. The molecule has 0 radical (unpaired) electrons. The van der Waals surface area contributed by atoms with Crippen molar-refractivity contribution in [3.8, 4) is 17.4 Å². The molecule has 42 heavy (non-hydrogen) atoms. The number of alkyl halides is 2. The highest BCUT2D eigenvalue weighted by Crippen LogP contribution is 2.52. The quantitative estimate of drug-likeness (QED) is 0.400. The molecule has 3 aromatic rings. The van der Waals surface area contributed by atoms with Crippen molar-refractivity contribution in [2.24, 2.45) is 5.41 Å². The summed E-state index contributed by atoms with van der Waals surface area (Å²) in [4.78, 5) is 25.1. The Balaban J connectivity index is 1.13. The molecule has 0 bridgehead atoms. The van der Waals surface area contributed by atoms with E-state index in [1.807, 2.05) is 17.2 Å². The van der Waals surface area contributed by atoms with E-state index in [0.717, 1.165) is 66.4 Å². The number of benzene rings is 1. The van der Waals surface area contributed by atoms with E-state index in [4.69, 9.17) is 9.47 Å². The summed E-state index contributed by atoms with van der Waals surface area (Å²) in [6, 6.07) is 4.78. The van der Waals surface area contributed by atoms with Crippen LogP contribution in [0.3, 0.4) is 0 Å². The van der Waals surface area contributed by atoms with Crippen LogP contribution in [0.4, 0.5) is 19.0 Å². The van der Waals surface area contributed by atoms with Crippen molar-refractivity contribution in [1.82, 2.24) is 30.4 Å². The molecular weight excluding hydrogens is 551 g/mol. The number of fused-ring (bicyclic) bond motifs is 1. The molecule has 13 heteroatoms. The number of amides is 1. The van der Waals surface area contributed by atoms with Crippen molar-refractivity contribution in [1.29, 1.82) is 0 Å². The van der Waals surface area contributed by atoms with Crippen LogP contribution in [0.5, 0.6) is 17.4 Å². The van der Waals surface area contributed by atoms with Gasteiger partial charge in [-0.05, 0) is 51.0 Å². The second kappa shape index (κ2) is 11.3. The maximum Gasteiger partial charge on any atom is 0.282 e. The summed E-state index contributed by atoms with van der Waals surface area (Å²) in [6.45, 7) is 5.54. The van der Waals surface area contributed by atoms with Crippen LogP contribution in [0, 0.1) is 11.2 Å². The number of carbonyl (C=O) groups excluding carboxylic acids is 1. The van der Waals surface area contributed by atoms with Crippen LogP contribution >= 0.6 is 0 Å². The molecular formula is C29H32F3N7O3. The first-order valence-corrected chi connectivity index (χ1v) is 14.0. The fourth-order valence-electron chi connectivity index (χ4n) is 6.03. The number of anilines is 1. The Morgan fingerprint density at radius 1 is 1.19 bits per heavy atom. The molecule has 1 aliphatic carbocycles. The van der Waals surface area contributed by atoms with Gasteiger partial charge < -0.3 is 24.6 Å². The molecule has 1 amide bonds. The highest BCUT2D eigenvalue weighted by Gasteiger charge is 2.54. The number of pyridine rings is 1. The Bertz CT molecular complexity index is 1460. The molecule has 1 spiro atoms. The number of nitrogens with one attached hydrogen (secondary N) is 1. The van der Waals surface area contributed by atoms with Gasteiger partial charge in [0, 0.05) is 61.5 Å². The fraction of sp³-hybridized carbons (Fsp3) is 0.483. The van der Waals surface area contributed by atoms with Crippen LogP contribution in [0.25, 0.3) is 0 Å². The van der Waals surface area contributed by atoms with Gasteiger partial charge in [0.15, 0.2) is 5.82 Å². The zero-order chi connectivity index (χ0) is 29.4. The summed E-state index contributed by atoms with van der Waals surface area (Å²) in [5.41, 5.74) is 2.13. The van der Waals surface area contributed by atoms with Gasteiger partial charge in [-0.25, -0.2) is 18.2 Å². The zero-order valence-electron chi connectivity index (χ0n) is 23.4. The van der Waals surface area contributed by atoms with Crippen molar-refractivity contribution >= 4 is 11.7 Å². The lowest BCUT2D eigenvalue weighted by atomic mass is 9.61. The van der Waals surface area contributed by atoms with Gasteiger partial charge in [-0.3, -0.25) is 9.78 Å². The molecule has 2 fully saturated rings. The maximum atomic E-state index is 14.2. The predicted octanol–water partition coefficient (Wildman–Crippen LogP) is 4.01. The lowest BCUT2D eigenvalue weighted by Gasteiger charge is -2.58. The number of hydrogen-bond donors (Lipinski definition) is 1. The van der Waals surface area contributed by atoms with E-state index in [1.54, 1.807) is 13.8 Å². The molecule has 1 saturated carbocycles. The number of carbonyl (C=O) groups is 1. The predicted molar refractivity (Wildman–Crippen MR) is 146 cm³/mol. The normalized spacial score (nSPS) is 17.5. The first-order valence-electron chi connectivity index (χ1n) is 14.0. The number of aromatic nitrogens is 4. The second-order valence-electron chi connectivity index (χ2n) is 11.4. The number of rotatable bonds is 9. The molecule has 0 unspecified atom stereocenters. The molecule has 222 valence electrons. The number of halogens is 3. The molecule has 0 atom stereocenters. The van der Waals surface area contributed by atoms with Crippen LogP contribution in [-0.2, 0) is 13.0 Å². The average Bonchev–Trinajstić information content (AvgIpc) is 2.93. The molecule has 4 heterocycles. The smallest absolute Gasteiger partial charge is 0.282 e. The van der Waals surface area contributed by atoms with Crippen molar-refractivity contribution in [3.05, 3.63) is 59.4 Å². The summed E-state index contributed by atoms with van der Waals surface area (Å²) in [7, 11) is 0. The van der Waals surface area contributed by atoms with Crippen molar-refractivity contribution in [2.75, 3.05) is 31.1 Å². The van der Waals surface area contributed by atoms with E-state index in [0.29, 0.717) is 18.9 Å². The third-order valence-corrected chi connectivity index (χ3v) is 8.08. The third-order valence-electron chi connectivity index (χ3n) is 8.08. The number of nitrogens with zero attached hydrogens (tertiary/aromatic N) is 6. The first kappa shape index (κ1) is 28.1. The Kier molecular flexibility index (Phi) is 7.60. The number of hydrogen-bond acceptors (Lipinski definition) is 9. The maximum absolute atomic E-state index is 14.2. The largest absolute Gasteiger partial charge is 0.490 e. The zero-order valence-corrected chi connectivity index (χ0v) is 23.4. The Labute approximate surface area is 241 Å². The van der Waals surface area contributed by atoms with Crippen LogP contribution in [0.15, 0.2) is 36.8 Å². The Morgan fingerprint density at radius 2 is 2.00 bits per heavy atom. The minimum absolute atomic E-state index is 0.0209. The van der Waals surface area contributed by atoms with E-state index in [-0.39, 0.29) is 28.7 Å². The van der Waals surface area contributed by atoms with Crippen molar-refractivity contribution in [3.63, 3.8) is 0 Å². The Morgan fingerprint density at radius 3 is 2.76 bits per heavy atom. The minimum Gasteiger partial charge on any atom is -0.490 e. The van der Waals surface area contributed by atoms with Gasteiger partial charge in [0.1, 0.15) is 29.7 Å². The van der Waals surface area contributed by atoms with Gasteiger partial charge in [-0.2, -0.15) is 0 Å². The van der Waals surface area contributed by atoms with Crippen LogP contribution in [0.1, 0.15) is 48.3 Å². The van der Waals surface area contributed by atoms with E-state index < -0.39 is 30.7 Å². The van der Waals surface area contributed by atoms with Gasteiger partial charge in [-0.15, -0.1) is 10.2 Å².